The standard InChI is InChI=1S/C10H12FN3/c1-6(12)9-7-4-3-5-8(11)10(7)14(2)13-9/h3-6H,12H2,1-2H3. The summed E-state index contributed by atoms with van der Waals surface area (Å²) in [5.41, 5.74) is 7.00. The highest BCUT2D eigenvalue weighted by molar-refractivity contribution is 5.82. The fourth-order valence-electron chi connectivity index (χ4n) is 1.65. The number of benzene rings is 1. The van der Waals surface area contributed by atoms with E-state index in [0.29, 0.717) is 5.52 Å². The molecule has 0 fully saturated rings. The van der Waals surface area contributed by atoms with Gasteiger partial charge >= 0.3 is 0 Å². The second-order valence-electron chi connectivity index (χ2n) is 3.43. The molecule has 4 heteroatoms. The van der Waals surface area contributed by atoms with Crippen molar-refractivity contribution in [1.29, 1.82) is 0 Å². The summed E-state index contributed by atoms with van der Waals surface area (Å²) in [6.07, 6.45) is 0. The average molecular weight is 193 g/mol. The van der Waals surface area contributed by atoms with Crippen LogP contribution in [0.15, 0.2) is 18.2 Å². The zero-order valence-electron chi connectivity index (χ0n) is 8.16. The summed E-state index contributed by atoms with van der Waals surface area (Å²) in [6.45, 7) is 1.84. The Balaban J connectivity index is 2.84. The van der Waals surface area contributed by atoms with Gasteiger partial charge in [-0.2, -0.15) is 5.10 Å². The Kier molecular flexibility index (Phi) is 2.00. The van der Waals surface area contributed by atoms with E-state index < -0.39 is 0 Å². The Morgan fingerprint density at radius 2 is 2.21 bits per heavy atom. The molecule has 1 unspecified atom stereocenters. The van der Waals surface area contributed by atoms with Gasteiger partial charge in [0, 0.05) is 18.5 Å². The van der Waals surface area contributed by atoms with Gasteiger partial charge in [0.05, 0.1) is 5.69 Å². The number of halogens is 1. The molecule has 1 heterocycles. The number of nitrogens with two attached hydrogens (primary N) is 1. The molecule has 14 heavy (non-hydrogen) atoms. The normalized spacial score (nSPS) is 13.4. The van der Waals surface area contributed by atoms with E-state index in [1.807, 2.05) is 13.0 Å². The molecule has 0 aliphatic heterocycles. The van der Waals surface area contributed by atoms with Crippen LogP contribution in [0.3, 0.4) is 0 Å². The second-order valence-corrected chi connectivity index (χ2v) is 3.43. The highest BCUT2D eigenvalue weighted by Crippen LogP contribution is 2.23. The molecule has 0 amide bonds. The van der Waals surface area contributed by atoms with Crippen LogP contribution in [0.4, 0.5) is 4.39 Å². The fourth-order valence-corrected chi connectivity index (χ4v) is 1.65. The van der Waals surface area contributed by atoms with Gasteiger partial charge < -0.3 is 5.73 Å². The molecule has 0 aliphatic carbocycles. The topological polar surface area (TPSA) is 43.8 Å². The van der Waals surface area contributed by atoms with Crippen LogP contribution < -0.4 is 5.73 Å². The monoisotopic (exact) mass is 193 g/mol. The van der Waals surface area contributed by atoms with Crippen molar-refractivity contribution in [2.45, 2.75) is 13.0 Å². The van der Waals surface area contributed by atoms with Gasteiger partial charge in [0.1, 0.15) is 11.3 Å². The summed E-state index contributed by atoms with van der Waals surface area (Å²) >= 11 is 0. The van der Waals surface area contributed by atoms with Crippen LogP contribution in [-0.4, -0.2) is 9.78 Å². The molecule has 2 rings (SSSR count). The largest absolute Gasteiger partial charge is 0.323 e. The van der Waals surface area contributed by atoms with E-state index in [1.165, 1.54) is 10.7 Å². The molecule has 0 aliphatic rings. The lowest BCUT2D eigenvalue weighted by molar-refractivity contribution is 0.623. The predicted octanol–water partition coefficient (Wildman–Crippen LogP) is 1.73. The lowest BCUT2D eigenvalue weighted by Crippen LogP contribution is -2.06. The van der Waals surface area contributed by atoms with Crippen molar-refractivity contribution >= 4 is 10.9 Å². The van der Waals surface area contributed by atoms with Crippen molar-refractivity contribution in [2.75, 3.05) is 0 Å². The summed E-state index contributed by atoms with van der Waals surface area (Å²) in [4.78, 5) is 0. The Morgan fingerprint density at radius 3 is 2.86 bits per heavy atom. The Morgan fingerprint density at radius 1 is 1.50 bits per heavy atom. The maximum Gasteiger partial charge on any atom is 0.149 e. The van der Waals surface area contributed by atoms with Gasteiger partial charge in [-0.1, -0.05) is 12.1 Å². The number of para-hydroxylation sites is 1. The molecule has 0 spiro atoms. The van der Waals surface area contributed by atoms with E-state index in [2.05, 4.69) is 5.10 Å². The summed E-state index contributed by atoms with van der Waals surface area (Å²) in [7, 11) is 1.72. The Hall–Kier alpha value is -1.42. The van der Waals surface area contributed by atoms with Crippen molar-refractivity contribution in [1.82, 2.24) is 9.78 Å². The van der Waals surface area contributed by atoms with Crippen LogP contribution >= 0.6 is 0 Å². The summed E-state index contributed by atoms with van der Waals surface area (Å²) in [6, 6.07) is 4.75. The highest BCUT2D eigenvalue weighted by atomic mass is 19.1. The van der Waals surface area contributed by atoms with Gasteiger partial charge in [-0.25, -0.2) is 4.39 Å². The molecule has 0 saturated carbocycles. The lowest BCUT2D eigenvalue weighted by atomic mass is 10.1. The molecule has 2 N–H and O–H groups in total. The SMILES string of the molecule is CC(N)c1nn(C)c2c(F)cccc12. The molecule has 1 aromatic carbocycles. The maximum absolute atomic E-state index is 13.4. The Bertz CT molecular complexity index is 473. The van der Waals surface area contributed by atoms with Gasteiger partial charge in [-0.15, -0.1) is 0 Å². The van der Waals surface area contributed by atoms with Crippen molar-refractivity contribution in [3.8, 4) is 0 Å². The summed E-state index contributed by atoms with van der Waals surface area (Å²) in [5, 5.41) is 5.00. The third kappa shape index (κ3) is 1.19. The minimum absolute atomic E-state index is 0.180. The van der Waals surface area contributed by atoms with E-state index in [0.717, 1.165) is 11.1 Å². The van der Waals surface area contributed by atoms with Crippen LogP contribution in [0, 0.1) is 5.82 Å². The summed E-state index contributed by atoms with van der Waals surface area (Å²) < 4.78 is 15.0. The molecular formula is C10H12FN3. The molecule has 0 radical (unpaired) electrons. The number of hydrogen-bond acceptors (Lipinski definition) is 2. The van der Waals surface area contributed by atoms with Crippen LogP contribution in [0.1, 0.15) is 18.7 Å². The predicted molar refractivity (Wildman–Crippen MR) is 53.3 cm³/mol. The number of hydrogen-bond donors (Lipinski definition) is 1. The summed E-state index contributed by atoms with van der Waals surface area (Å²) in [5.74, 6) is -0.260. The van der Waals surface area contributed by atoms with Crippen LogP contribution in [0.25, 0.3) is 10.9 Å². The number of nitrogens with zero attached hydrogens (tertiary/aromatic N) is 2. The van der Waals surface area contributed by atoms with Crippen molar-refractivity contribution in [3.63, 3.8) is 0 Å². The van der Waals surface area contributed by atoms with E-state index in [1.54, 1.807) is 13.1 Å². The van der Waals surface area contributed by atoms with Crippen LogP contribution in [0.2, 0.25) is 0 Å². The van der Waals surface area contributed by atoms with Gasteiger partial charge in [-0.3, -0.25) is 4.68 Å². The third-order valence-electron chi connectivity index (χ3n) is 2.28. The van der Waals surface area contributed by atoms with E-state index in [-0.39, 0.29) is 11.9 Å². The van der Waals surface area contributed by atoms with Crippen LogP contribution in [0.5, 0.6) is 0 Å². The first-order chi connectivity index (χ1) is 6.61. The number of aryl methyl sites for hydroxylation is 1. The third-order valence-corrected chi connectivity index (χ3v) is 2.28. The highest BCUT2D eigenvalue weighted by Gasteiger charge is 2.14. The molecule has 3 nitrogen and oxygen atoms in total. The average Bonchev–Trinajstić information content (AvgIpc) is 2.45. The molecule has 1 aromatic heterocycles. The quantitative estimate of drug-likeness (QED) is 0.749. The molecular weight excluding hydrogens is 181 g/mol. The van der Waals surface area contributed by atoms with Crippen LogP contribution in [-0.2, 0) is 7.05 Å². The van der Waals surface area contributed by atoms with Gasteiger partial charge in [0.2, 0.25) is 0 Å². The first-order valence-corrected chi connectivity index (χ1v) is 4.48. The van der Waals surface area contributed by atoms with Gasteiger partial charge in [0.15, 0.2) is 0 Å². The number of aromatic nitrogens is 2. The minimum atomic E-state index is -0.260. The second kappa shape index (κ2) is 3.06. The van der Waals surface area contributed by atoms with Crippen molar-refractivity contribution < 1.29 is 4.39 Å². The maximum atomic E-state index is 13.4. The zero-order valence-corrected chi connectivity index (χ0v) is 8.16. The number of rotatable bonds is 1. The van der Waals surface area contributed by atoms with Gasteiger partial charge in [0.25, 0.3) is 0 Å². The van der Waals surface area contributed by atoms with E-state index in [9.17, 15) is 4.39 Å². The van der Waals surface area contributed by atoms with E-state index >= 15 is 0 Å². The zero-order chi connectivity index (χ0) is 10.3. The Labute approximate surface area is 81.3 Å². The lowest BCUT2D eigenvalue weighted by Gasteiger charge is -1.99. The molecule has 1 atom stereocenters. The first kappa shape index (κ1) is 9.15. The number of fused-ring (bicyclic) bond motifs is 1. The van der Waals surface area contributed by atoms with Crippen molar-refractivity contribution in [3.05, 3.63) is 29.7 Å². The smallest absolute Gasteiger partial charge is 0.149 e. The first-order valence-electron chi connectivity index (χ1n) is 4.48. The minimum Gasteiger partial charge on any atom is -0.323 e. The van der Waals surface area contributed by atoms with E-state index in [4.69, 9.17) is 5.73 Å². The molecule has 0 bridgehead atoms. The molecule has 0 saturated heterocycles. The fraction of sp³-hybridized carbons (Fsp3) is 0.300. The van der Waals surface area contributed by atoms with Crippen molar-refractivity contribution in [2.24, 2.45) is 12.8 Å². The molecule has 2 aromatic rings. The van der Waals surface area contributed by atoms with Gasteiger partial charge in [-0.05, 0) is 13.0 Å². The molecule has 74 valence electrons.